The van der Waals surface area contributed by atoms with Crippen molar-refractivity contribution in [1.29, 1.82) is 0 Å². The number of ether oxygens (including phenoxy) is 1. The number of anilines is 2. The molecule has 0 saturated heterocycles. The summed E-state index contributed by atoms with van der Waals surface area (Å²) in [5.74, 6) is -0.462. The van der Waals surface area contributed by atoms with Crippen LogP contribution in [0.4, 0.5) is 15.8 Å². The van der Waals surface area contributed by atoms with Crippen LogP contribution in [0.15, 0.2) is 53.2 Å². The van der Waals surface area contributed by atoms with Gasteiger partial charge in [0, 0.05) is 14.1 Å². The van der Waals surface area contributed by atoms with Crippen LogP contribution in [-0.4, -0.2) is 31.4 Å². The average Bonchev–Trinajstić information content (AvgIpc) is 3.49. The zero-order valence-electron chi connectivity index (χ0n) is 18.1. The van der Waals surface area contributed by atoms with Gasteiger partial charge in [0.1, 0.15) is 29.6 Å². The zero-order chi connectivity index (χ0) is 23.5. The maximum Gasteiger partial charge on any atom is 0.291 e. The highest BCUT2D eigenvalue weighted by Gasteiger charge is 2.22. The summed E-state index contributed by atoms with van der Waals surface area (Å²) in [6.07, 6.45) is 2.92. The third kappa shape index (κ3) is 4.76. The van der Waals surface area contributed by atoms with Gasteiger partial charge >= 0.3 is 0 Å². The van der Waals surface area contributed by atoms with Crippen molar-refractivity contribution in [3.05, 3.63) is 77.5 Å². The number of nitrogens with zero attached hydrogens (tertiary/aromatic N) is 4. The van der Waals surface area contributed by atoms with Gasteiger partial charge in [-0.05, 0) is 43.3 Å². The number of rotatable bonds is 7. The third-order valence-electron chi connectivity index (χ3n) is 4.97. The minimum Gasteiger partial charge on any atom is -0.486 e. The molecule has 11 heteroatoms. The summed E-state index contributed by atoms with van der Waals surface area (Å²) in [5.41, 5.74) is 1.72. The number of halogens is 1. The second-order valence-corrected chi connectivity index (χ2v) is 7.21. The van der Waals surface area contributed by atoms with Gasteiger partial charge in [0.2, 0.25) is 0 Å². The van der Waals surface area contributed by atoms with Gasteiger partial charge in [0.25, 0.3) is 11.8 Å². The maximum atomic E-state index is 13.0. The summed E-state index contributed by atoms with van der Waals surface area (Å²) in [7, 11) is 3.36. The molecule has 0 unspecified atom stereocenters. The molecule has 2 amide bonds. The van der Waals surface area contributed by atoms with Crippen molar-refractivity contribution in [1.82, 2.24) is 19.6 Å². The van der Waals surface area contributed by atoms with E-state index < -0.39 is 11.8 Å². The fourth-order valence-corrected chi connectivity index (χ4v) is 3.05. The number of furan rings is 1. The number of nitrogens with one attached hydrogen (secondary N) is 2. The Hall–Kier alpha value is -4.41. The van der Waals surface area contributed by atoms with E-state index in [4.69, 9.17) is 9.15 Å². The lowest BCUT2D eigenvalue weighted by molar-refractivity contribution is 0.0992. The molecule has 1 aromatic carbocycles. The molecule has 3 heterocycles. The van der Waals surface area contributed by atoms with Crippen molar-refractivity contribution in [2.75, 3.05) is 10.6 Å². The number of amides is 2. The zero-order valence-corrected chi connectivity index (χ0v) is 18.1. The predicted octanol–water partition coefficient (Wildman–Crippen LogP) is 3.28. The van der Waals surface area contributed by atoms with E-state index >= 15 is 0 Å². The summed E-state index contributed by atoms with van der Waals surface area (Å²) < 4.78 is 27.0. The Labute approximate surface area is 188 Å². The van der Waals surface area contributed by atoms with Crippen LogP contribution < -0.4 is 15.4 Å². The minimum absolute atomic E-state index is 0.0334. The van der Waals surface area contributed by atoms with E-state index in [9.17, 15) is 14.0 Å². The number of aromatic nitrogens is 4. The van der Waals surface area contributed by atoms with Crippen LogP contribution in [0.2, 0.25) is 0 Å². The normalized spacial score (nSPS) is 10.8. The average molecular weight is 452 g/mol. The molecule has 170 valence electrons. The van der Waals surface area contributed by atoms with Gasteiger partial charge in [0.15, 0.2) is 5.76 Å². The Morgan fingerprint density at radius 3 is 2.33 bits per heavy atom. The molecule has 0 saturated carbocycles. The molecule has 0 bridgehead atoms. The molecule has 0 aliphatic heterocycles. The quantitative estimate of drug-likeness (QED) is 0.445. The molecule has 4 aromatic rings. The van der Waals surface area contributed by atoms with E-state index in [0.29, 0.717) is 17.2 Å². The molecule has 3 aromatic heterocycles. The Morgan fingerprint density at radius 2 is 1.64 bits per heavy atom. The van der Waals surface area contributed by atoms with Crippen molar-refractivity contribution in [2.45, 2.75) is 13.5 Å². The third-order valence-corrected chi connectivity index (χ3v) is 4.97. The van der Waals surface area contributed by atoms with Crippen molar-refractivity contribution < 1.29 is 23.1 Å². The topological polar surface area (TPSA) is 116 Å². The number of benzene rings is 1. The standard InChI is InChI=1S/C22H21FN6O4/c1-13-17(10-24-28(13)2)26-22(31)20-18(11-25-29(20)3)27-21(30)19-9-8-16(33-19)12-32-15-6-4-14(23)5-7-15/h4-11H,12H2,1-3H3,(H,26,31)(H,27,30). The van der Waals surface area contributed by atoms with Gasteiger partial charge < -0.3 is 19.8 Å². The van der Waals surface area contributed by atoms with Gasteiger partial charge in [-0.2, -0.15) is 10.2 Å². The van der Waals surface area contributed by atoms with Gasteiger partial charge in [-0.15, -0.1) is 0 Å². The Balaban J connectivity index is 1.42. The van der Waals surface area contributed by atoms with Crippen LogP contribution in [0.5, 0.6) is 5.75 Å². The molecule has 0 aliphatic carbocycles. The van der Waals surface area contributed by atoms with Crippen LogP contribution in [0.1, 0.15) is 32.5 Å². The lowest BCUT2D eigenvalue weighted by atomic mass is 10.3. The van der Waals surface area contributed by atoms with Crippen LogP contribution >= 0.6 is 0 Å². The fraction of sp³-hybridized carbons (Fsp3) is 0.182. The van der Waals surface area contributed by atoms with E-state index in [2.05, 4.69) is 20.8 Å². The van der Waals surface area contributed by atoms with Crippen LogP contribution in [0.25, 0.3) is 0 Å². The highest BCUT2D eigenvalue weighted by atomic mass is 19.1. The number of aryl methyl sites for hydroxylation is 2. The van der Waals surface area contributed by atoms with E-state index in [-0.39, 0.29) is 29.6 Å². The first-order valence-corrected chi connectivity index (χ1v) is 9.92. The molecule has 0 fully saturated rings. The highest BCUT2D eigenvalue weighted by Crippen LogP contribution is 2.20. The number of hydrogen-bond donors (Lipinski definition) is 2. The van der Waals surface area contributed by atoms with Crippen molar-refractivity contribution in [2.24, 2.45) is 14.1 Å². The molecule has 33 heavy (non-hydrogen) atoms. The Morgan fingerprint density at radius 1 is 0.970 bits per heavy atom. The second-order valence-electron chi connectivity index (χ2n) is 7.21. The smallest absolute Gasteiger partial charge is 0.291 e. The largest absolute Gasteiger partial charge is 0.486 e. The highest BCUT2D eigenvalue weighted by molar-refractivity contribution is 6.11. The molecular weight excluding hydrogens is 431 g/mol. The molecule has 0 aliphatic rings. The molecule has 2 N–H and O–H groups in total. The summed E-state index contributed by atoms with van der Waals surface area (Å²) in [4.78, 5) is 25.5. The molecular formula is C22H21FN6O4. The van der Waals surface area contributed by atoms with E-state index in [1.54, 1.807) is 31.0 Å². The fourth-order valence-electron chi connectivity index (χ4n) is 3.05. The Bertz CT molecular complexity index is 1300. The number of carbonyl (C=O) groups is 2. The second kappa shape index (κ2) is 8.99. The predicted molar refractivity (Wildman–Crippen MR) is 116 cm³/mol. The molecule has 0 spiro atoms. The molecule has 0 radical (unpaired) electrons. The van der Waals surface area contributed by atoms with E-state index in [0.717, 1.165) is 5.69 Å². The maximum absolute atomic E-state index is 13.0. The van der Waals surface area contributed by atoms with Crippen molar-refractivity contribution in [3.8, 4) is 5.75 Å². The van der Waals surface area contributed by atoms with Gasteiger partial charge in [0.05, 0.1) is 29.5 Å². The lowest BCUT2D eigenvalue weighted by Gasteiger charge is -2.08. The van der Waals surface area contributed by atoms with Crippen LogP contribution in [0.3, 0.4) is 0 Å². The van der Waals surface area contributed by atoms with Gasteiger partial charge in [-0.25, -0.2) is 4.39 Å². The summed E-state index contributed by atoms with van der Waals surface area (Å²) in [6, 6.07) is 8.65. The van der Waals surface area contributed by atoms with Crippen molar-refractivity contribution in [3.63, 3.8) is 0 Å². The monoisotopic (exact) mass is 452 g/mol. The summed E-state index contributed by atoms with van der Waals surface area (Å²) >= 11 is 0. The minimum atomic E-state index is -0.553. The SMILES string of the molecule is Cc1c(NC(=O)c2c(NC(=O)c3ccc(COc4ccc(F)cc4)o3)cnn2C)cnn1C. The van der Waals surface area contributed by atoms with Gasteiger partial charge in [-0.1, -0.05) is 0 Å². The first-order valence-electron chi connectivity index (χ1n) is 9.92. The Kier molecular flexibility index (Phi) is 5.94. The van der Waals surface area contributed by atoms with E-state index in [1.165, 1.54) is 41.2 Å². The molecule has 0 atom stereocenters. The first kappa shape index (κ1) is 21.8. The first-order chi connectivity index (χ1) is 15.8. The van der Waals surface area contributed by atoms with Crippen LogP contribution in [-0.2, 0) is 20.7 Å². The number of carbonyl (C=O) groups excluding carboxylic acids is 2. The lowest BCUT2D eigenvalue weighted by Crippen LogP contribution is -2.20. The van der Waals surface area contributed by atoms with Gasteiger partial charge in [-0.3, -0.25) is 19.0 Å². The summed E-state index contributed by atoms with van der Waals surface area (Å²) in [6.45, 7) is 1.88. The van der Waals surface area contributed by atoms with E-state index in [1.807, 2.05) is 6.92 Å². The summed E-state index contributed by atoms with van der Waals surface area (Å²) in [5, 5.41) is 13.6. The van der Waals surface area contributed by atoms with Crippen molar-refractivity contribution >= 4 is 23.2 Å². The molecule has 10 nitrogen and oxygen atoms in total. The van der Waals surface area contributed by atoms with Crippen LogP contribution in [0, 0.1) is 12.7 Å². The molecule has 4 rings (SSSR count). The number of hydrogen-bond acceptors (Lipinski definition) is 6.